The highest BCUT2D eigenvalue weighted by atomic mass is 16.8. The van der Waals surface area contributed by atoms with Gasteiger partial charge in [0, 0.05) is 13.3 Å². The maximum atomic E-state index is 11.8. The topological polar surface area (TPSA) is 99.1 Å². The van der Waals surface area contributed by atoms with Crippen LogP contribution in [-0.4, -0.2) is 36.1 Å². The fourth-order valence-corrected chi connectivity index (χ4v) is 1.14. The molecule has 1 N–H and O–H groups in total. The molecule has 0 spiro atoms. The van der Waals surface area contributed by atoms with Gasteiger partial charge in [0.1, 0.15) is 0 Å². The van der Waals surface area contributed by atoms with Gasteiger partial charge in [-0.05, 0) is 27.2 Å². The number of carbonyl (C=O) groups excluding carboxylic acids is 2. The quantitative estimate of drug-likeness (QED) is 0.560. The normalized spacial score (nSPS) is 12.4. The summed E-state index contributed by atoms with van der Waals surface area (Å²) in [5, 5.41) is 8.58. The van der Waals surface area contributed by atoms with Crippen LogP contribution in [0.2, 0.25) is 0 Å². The molecular formula is C12H20O7. The zero-order chi connectivity index (χ0) is 15.1. The fraction of sp³-hybridized carbons (Fsp3) is 0.750. The standard InChI is InChI=1S/C12H20O7/c1-5-17-11(16)19-8(2)18-10(15)12(3,4)7-6-9(13)14/h8H,5-7H2,1-4H3,(H,13,14). The van der Waals surface area contributed by atoms with E-state index in [4.69, 9.17) is 9.84 Å². The van der Waals surface area contributed by atoms with E-state index < -0.39 is 29.8 Å². The largest absolute Gasteiger partial charge is 0.511 e. The Morgan fingerprint density at radius 1 is 1.21 bits per heavy atom. The van der Waals surface area contributed by atoms with Crippen LogP contribution in [0.3, 0.4) is 0 Å². The molecule has 0 aromatic carbocycles. The summed E-state index contributed by atoms with van der Waals surface area (Å²) in [5.74, 6) is -1.62. The highest BCUT2D eigenvalue weighted by molar-refractivity contribution is 5.77. The number of carboxylic acids is 1. The van der Waals surface area contributed by atoms with Gasteiger partial charge in [0.2, 0.25) is 6.29 Å². The van der Waals surface area contributed by atoms with Gasteiger partial charge in [0.25, 0.3) is 0 Å². The number of aliphatic carboxylic acids is 1. The van der Waals surface area contributed by atoms with Crippen molar-refractivity contribution in [1.29, 1.82) is 0 Å². The van der Waals surface area contributed by atoms with Crippen LogP contribution in [0, 0.1) is 5.41 Å². The maximum absolute atomic E-state index is 11.8. The first-order valence-electron chi connectivity index (χ1n) is 5.95. The Hall–Kier alpha value is -1.79. The lowest BCUT2D eigenvalue weighted by atomic mass is 9.88. The fourth-order valence-electron chi connectivity index (χ4n) is 1.14. The molecule has 0 heterocycles. The third kappa shape index (κ3) is 7.28. The van der Waals surface area contributed by atoms with Crippen molar-refractivity contribution in [3.8, 4) is 0 Å². The number of ether oxygens (including phenoxy) is 3. The summed E-state index contributed by atoms with van der Waals surface area (Å²) in [5.41, 5.74) is -0.968. The third-order valence-electron chi connectivity index (χ3n) is 2.31. The predicted octanol–water partition coefficient (Wildman–Crippen LogP) is 1.94. The highest BCUT2D eigenvalue weighted by Gasteiger charge is 2.31. The van der Waals surface area contributed by atoms with E-state index in [9.17, 15) is 14.4 Å². The molecule has 0 radical (unpaired) electrons. The second-order valence-corrected chi connectivity index (χ2v) is 4.55. The Labute approximate surface area is 111 Å². The number of hydrogen-bond acceptors (Lipinski definition) is 6. The number of esters is 1. The molecule has 0 aliphatic rings. The Bertz CT molecular complexity index is 335. The Morgan fingerprint density at radius 2 is 1.79 bits per heavy atom. The molecule has 0 bridgehead atoms. The van der Waals surface area contributed by atoms with Crippen molar-refractivity contribution in [2.24, 2.45) is 5.41 Å². The van der Waals surface area contributed by atoms with Gasteiger partial charge in [0.15, 0.2) is 0 Å². The summed E-state index contributed by atoms with van der Waals surface area (Å²) >= 11 is 0. The van der Waals surface area contributed by atoms with Gasteiger partial charge < -0.3 is 19.3 Å². The molecule has 0 aromatic heterocycles. The van der Waals surface area contributed by atoms with Crippen molar-refractivity contribution in [2.75, 3.05) is 6.61 Å². The first kappa shape index (κ1) is 17.2. The second-order valence-electron chi connectivity index (χ2n) is 4.55. The van der Waals surface area contributed by atoms with Crippen LogP contribution in [0.5, 0.6) is 0 Å². The molecule has 7 heteroatoms. The van der Waals surface area contributed by atoms with E-state index in [1.54, 1.807) is 20.8 Å². The van der Waals surface area contributed by atoms with E-state index in [1.165, 1.54) is 6.92 Å². The molecule has 0 saturated heterocycles. The molecular weight excluding hydrogens is 256 g/mol. The van der Waals surface area contributed by atoms with Gasteiger partial charge in [-0.2, -0.15) is 0 Å². The number of rotatable bonds is 7. The monoisotopic (exact) mass is 276 g/mol. The van der Waals surface area contributed by atoms with Gasteiger partial charge in [-0.1, -0.05) is 0 Å². The Balaban J connectivity index is 4.26. The number of hydrogen-bond donors (Lipinski definition) is 1. The van der Waals surface area contributed by atoms with Crippen molar-refractivity contribution in [1.82, 2.24) is 0 Å². The summed E-state index contributed by atoms with van der Waals surface area (Å²) in [6, 6.07) is 0. The van der Waals surface area contributed by atoms with Crippen molar-refractivity contribution in [2.45, 2.75) is 46.8 Å². The molecule has 1 unspecified atom stereocenters. The lowest BCUT2D eigenvalue weighted by molar-refractivity contribution is -0.178. The molecule has 0 fully saturated rings. The molecule has 0 aliphatic heterocycles. The van der Waals surface area contributed by atoms with E-state index >= 15 is 0 Å². The van der Waals surface area contributed by atoms with E-state index in [1.807, 2.05) is 0 Å². The molecule has 0 amide bonds. The van der Waals surface area contributed by atoms with Crippen LogP contribution < -0.4 is 0 Å². The summed E-state index contributed by atoms with van der Waals surface area (Å²) < 4.78 is 14.1. The van der Waals surface area contributed by atoms with Crippen LogP contribution >= 0.6 is 0 Å². The van der Waals surface area contributed by atoms with E-state index in [0.29, 0.717) is 0 Å². The second kappa shape index (κ2) is 7.60. The molecule has 0 aliphatic carbocycles. The van der Waals surface area contributed by atoms with Crippen molar-refractivity contribution < 1.29 is 33.7 Å². The Kier molecular flexibility index (Phi) is 6.89. The van der Waals surface area contributed by atoms with Crippen molar-refractivity contribution >= 4 is 18.1 Å². The SMILES string of the molecule is CCOC(=O)OC(C)OC(=O)C(C)(C)CCC(=O)O. The van der Waals surface area contributed by atoms with Gasteiger partial charge in [-0.15, -0.1) is 0 Å². The number of carbonyl (C=O) groups is 3. The number of carboxylic acid groups (broad SMARTS) is 1. The minimum atomic E-state index is -1.09. The zero-order valence-electron chi connectivity index (χ0n) is 11.6. The predicted molar refractivity (Wildman–Crippen MR) is 64.3 cm³/mol. The van der Waals surface area contributed by atoms with Gasteiger partial charge in [-0.3, -0.25) is 9.59 Å². The van der Waals surface area contributed by atoms with E-state index in [0.717, 1.165) is 0 Å². The molecule has 19 heavy (non-hydrogen) atoms. The van der Waals surface area contributed by atoms with Crippen LogP contribution in [0.1, 0.15) is 40.5 Å². The average Bonchev–Trinajstić information content (AvgIpc) is 2.26. The molecule has 0 rings (SSSR count). The van der Waals surface area contributed by atoms with E-state index in [-0.39, 0.29) is 19.4 Å². The van der Waals surface area contributed by atoms with Gasteiger partial charge in [0.05, 0.1) is 12.0 Å². The molecule has 1 atom stereocenters. The molecule has 0 saturated carbocycles. The van der Waals surface area contributed by atoms with Crippen molar-refractivity contribution in [3.05, 3.63) is 0 Å². The average molecular weight is 276 g/mol. The third-order valence-corrected chi connectivity index (χ3v) is 2.31. The van der Waals surface area contributed by atoms with Gasteiger partial charge >= 0.3 is 18.1 Å². The highest BCUT2D eigenvalue weighted by Crippen LogP contribution is 2.25. The summed E-state index contributed by atoms with van der Waals surface area (Å²) in [7, 11) is 0. The van der Waals surface area contributed by atoms with Crippen LogP contribution in [0.15, 0.2) is 0 Å². The molecule has 110 valence electrons. The Morgan fingerprint density at radius 3 is 2.26 bits per heavy atom. The zero-order valence-corrected chi connectivity index (χ0v) is 11.6. The van der Waals surface area contributed by atoms with E-state index in [2.05, 4.69) is 9.47 Å². The summed E-state index contributed by atoms with van der Waals surface area (Å²) in [6.07, 6.45) is -2.02. The summed E-state index contributed by atoms with van der Waals surface area (Å²) in [4.78, 5) is 33.2. The van der Waals surface area contributed by atoms with Gasteiger partial charge in [-0.25, -0.2) is 4.79 Å². The minimum Gasteiger partial charge on any atom is -0.481 e. The first-order valence-corrected chi connectivity index (χ1v) is 5.95. The summed E-state index contributed by atoms with van der Waals surface area (Å²) in [6.45, 7) is 6.28. The van der Waals surface area contributed by atoms with Crippen LogP contribution in [0.25, 0.3) is 0 Å². The first-order chi connectivity index (χ1) is 8.69. The lowest BCUT2D eigenvalue weighted by Crippen LogP contribution is -2.32. The maximum Gasteiger partial charge on any atom is 0.511 e. The molecule has 0 aromatic rings. The molecule has 7 nitrogen and oxygen atoms in total. The van der Waals surface area contributed by atoms with Crippen LogP contribution in [-0.2, 0) is 23.8 Å². The van der Waals surface area contributed by atoms with Crippen molar-refractivity contribution in [3.63, 3.8) is 0 Å². The minimum absolute atomic E-state index is 0.132. The van der Waals surface area contributed by atoms with Crippen LogP contribution in [0.4, 0.5) is 4.79 Å². The lowest BCUT2D eigenvalue weighted by Gasteiger charge is -2.23. The smallest absolute Gasteiger partial charge is 0.481 e.